The molecular formula is C23H40IN5O2. The van der Waals surface area contributed by atoms with Crippen LogP contribution in [0.2, 0.25) is 0 Å². The van der Waals surface area contributed by atoms with Crippen molar-refractivity contribution in [2.24, 2.45) is 28.7 Å². The average Bonchev–Trinajstić information content (AvgIpc) is 3.36. The number of rotatable bonds is 10. The lowest BCUT2D eigenvalue weighted by molar-refractivity contribution is -0.140. The largest absolute Gasteiger partial charge is 0.357 e. The van der Waals surface area contributed by atoms with Crippen molar-refractivity contribution in [1.29, 1.82) is 0 Å². The van der Waals surface area contributed by atoms with E-state index in [4.69, 9.17) is 0 Å². The Balaban J connectivity index is 0.00000341. The van der Waals surface area contributed by atoms with Crippen LogP contribution < -0.4 is 10.6 Å². The summed E-state index contributed by atoms with van der Waals surface area (Å²) in [6.45, 7) is 14.4. The Kier molecular flexibility index (Phi) is 9.79. The molecule has 1 saturated heterocycles. The molecule has 1 aliphatic heterocycles. The number of carbonyl (C=O) groups is 2. The quantitative estimate of drug-likeness (QED) is 0.110. The second-order valence-corrected chi connectivity index (χ2v) is 9.29. The number of carbonyl (C=O) groups excluding carboxylic acids is 2. The van der Waals surface area contributed by atoms with Crippen LogP contribution in [0.15, 0.2) is 17.1 Å². The Hall–Kier alpha value is -1.16. The van der Waals surface area contributed by atoms with Gasteiger partial charge in [-0.15, -0.1) is 24.0 Å². The molecule has 7 nitrogen and oxygen atoms in total. The molecule has 2 N–H and O–H groups in total. The lowest BCUT2D eigenvalue weighted by Crippen LogP contribution is -2.44. The zero-order valence-corrected chi connectivity index (χ0v) is 22.0. The normalized spacial score (nSPS) is 27.0. The fourth-order valence-corrected chi connectivity index (χ4v) is 5.37. The molecule has 1 heterocycles. The van der Waals surface area contributed by atoms with Gasteiger partial charge in [-0.3, -0.25) is 24.4 Å². The second-order valence-electron chi connectivity index (χ2n) is 9.29. The van der Waals surface area contributed by atoms with E-state index < -0.39 is 0 Å². The first-order chi connectivity index (χ1) is 14.3. The number of aliphatic imine (C=N–C) groups is 1. The van der Waals surface area contributed by atoms with E-state index in [2.05, 4.69) is 60.4 Å². The van der Waals surface area contributed by atoms with E-state index in [0.29, 0.717) is 25.2 Å². The predicted molar refractivity (Wildman–Crippen MR) is 135 cm³/mol. The maximum atomic E-state index is 12.8. The minimum Gasteiger partial charge on any atom is -0.357 e. The number of allylic oxidation sites excluding steroid dienone is 2. The van der Waals surface area contributed by atoms with Gasteiger partial charge in [0, 0.05) is 44.8 Å². The minimum atomic E-state index is -0.112. The first-order valence-electron chi connectivity index (χ1n) is 11.7. The van der Waals surface area contributed by atoms with E-state index in [1.54, 1.807) is 0 Å². The number of fused-ring (bicyclic) bond motifs is 5. The van der Waals surface area contributed by atoms with Gasteiger partial charge in [0.25, 0.3) is 0 Å². The summed E-state index contributed by atoms with van der Waals surface area (Å²) in [6.07, 6.45) is 6.24. The summed E-state index contributed by atoms with van der Waals surface area (Å²) >= 11 is 0. The summed E-state index contributed by atoms with van der Waals surface area (Å²) in [5, 5.41) is 6.54. The molecule has 2 bridgehead atoms. The van der Waals surface area contributed by atoms with Crippen LogP contribution in [-0.2, 0) is 9.59 Å². The Morgan fingerprint density at radius 1 is 1.10 bits per heavy atom. The summed E-state index contributed by atoms with van der Waals surface area (Å²) in [4.78, 5) is 34.1. The zero-order chi connectivity index (χ0) is 21.8. The number of imide groups is 1. The fourth-order valence-electron chi connectivity index (χ4n) is 5.37. The van der Waals surface area contributed by atoms with E-state index in [0.717, 1.165) is 38.4 Å². The Morgan fingerprint density at radius 2 is 1.68 bits per heavy atom. The van der Waals surface area contributed by atoms with E-state index in [-0.39, 0.29) is 59.5 Å². The molecule has 0 aromatic heterocycles. The van der Waals surface area contributed by atoms with Crippen LogP contribution in [0.5, 0.6) is 0 Å². The smallest absolute Gasteiger partial charge is 0.233 e. The van der Waals surface area contributed by atoms with Crippen LogP contribution in [0.3, 0.4) is 0 Å². The fraction of sp³-hybridized carbons (Fsp3) is 0.783. The third-order valence-corrected chi connectivity index (χ3v) is 6.70. The van der Waals surface area contributed by atoms with Crippen LogP contribution in [0.1, 0.15) is 47.5 Å². The standard InChI is InChI=1S/C23H39N5O2.HI/c1-6-24-23(25-10-7-12-27(15(2)3)16(4)5)26-11-13-28-21(29)19-17-8-9-18(14-17)20(19)22(28)30;/h8-9,15-20H,6-7,10-14H2,1-5H3,(H2,24,25,26);1H. The summed E-state index contributed by atoms with van der Waals surface area (Å²) < 4.78 is 0. The number of nitrogens with one attached hydrogen (secondary N) is 2. The summed E-state index contributed by atoms with van der Waals surface area (Å²) in [7, 11) is 0. The number of guanidine groups is 1. The van der Waals surface area contributed by atoms with Gasteiger partial charge in [-0.05, 0) is 59.3 Å². The number of nitrogens with zero attached hydrogens (tertiary/aromatic N) is 3. The molecule has 4 atom stereocenters. The highest BCUT2D eigenvalue weighted by Gasteiger charge is 2.58. The molecule has 0 aromatic carbocycles. The van der Waals surface area contributed by atoms with Gasteiger partial charge in [0.15, 0.2) is 5.96 Å². The number of hydrogen-bond donors (Lipinski definition) is 2. The molecule has 8 heteroatoms. The van der Waals surface area contributed by atoms with E-state index >= 15 is 0 Å². The third kappa shape index (κ3) is 5.80. The lowest BCUT2D eigenvalue weighted by Gasteiger charge is -2.30. The number of halogens is 1. The van der Waals surface area contributed by atoms with Crippen LogP contribution in [-0.4, -0.2) is 72.4 Å². The van der Waals surface area contributed by atoms with Gasteiger partial charge in [0.05, 0.1) is 11.8 Å². The molecule has 0 radical (unpaired) electrons. The molecule has 1 saturated carbocycles. The molecule has 31 heavy (non-hydrogen) atoms. The van der Waals surface area contributed by atoms with Gasteiger partial charge in [0.1, 0.15) is 0 Å². The van der Waals surface area contributed by atoms with Gasteiger partial charge >= 0.3 is 0 Å². The monoisotopic (exact) mass is 545 g/mol. The Labute approximate surface area is 204 Å². The lowest BCUT2D eigenvalue weighted by atomic mass is 9.85. The molecule has 0 aromatic rings. The van der Waals surface area contributed by atoms with Crippen LogP contribution in [0.25, 0.3) is 0 Å². The van der Waals surface area contributed by atoms with Crippen molar-refractivity contribution >= 4 is 41.8 Å². The average molecular weight is 546 g/mol. The summed E-state index contributed by atoms with van der Waals surface area (Å²) in [6, 6.07) is 1.06. The summed E-state index contributed by atoms with van der Waals surface area (Å²) in [5.74, 6) is 1.10. The van der Waals surface area contributed by atoms with Crippen molar-refractivity contribution < 1.29 is 9.59 Å². The Morgan fingerprint density at radius 3 is 2.19 bits per heavy atom. The minimum absolute atomic E-state index is 0. The van der Waals surface area contributed by atoms with Gasteiger partial charge < -0.3 is 10.6 Å². The van der Waals surface area contributed by atoms with Gasteiger partial charge in [0.2, 0.25) is 11.8 Å². The van der Waals surface area contributed by atoms with Gasteiger partial charge in [-0.1, -0.05) is 12.2 Å². The van der Waals surface area contributed by atoms with E-state index in [1.165, 1.54) is 4.90 Å². The molecule has 3 rings (SSSR count). The van der Waals surface area contributed by atoms with Crippen molar-refractivity contribution in [3.8, 4) is 0 Å². The zero-order valence-electron chi connectivity index (χ0n) is 19.6. The molecule has 2 fully saturated rings. The molecule has 3 aliphatic rings. The van der Waals surface area contributed by atoms with E-state index in [9.17, 15) is 9.59 Å². The number of amides is 2. The van der Waals surface area contributed by atoms with Crippen LogP contribution >= 0.6 is 24.0 Å². The first kappa shape index (κ1) is 26.1. The Bertz CT molecular complexity index is 655. The number of likely N-dealkylation sites (tertiary alicyclic amines) is 1. The molecule has 4 unspecified atom stereocenters. The highest BCUT2D eigenvalue weighted by atomic mass is 127. The van der Waals surface area contributed by atoms with Crippen molar-refractivity contribution in [3.63, 3.8) is 0 Å². The molecule has 176 valence electrons. The molecule has 0 spiro atoms. The molecule has 2 aliphatic carbocycles. The summed E-state index contributed by atoms with van der Waals surface area (Å²) in [5.41, 5.74) is 0. The van der Waals surface area contributed by atoms with Crippen LogP contribution in [0, 0.1) is 23.7 Å². The van der Waals surface area contributed by atoms with E-state index in [1.807, 2.05) is 6.92 Å². The van der Waals surface area contributed by atoms with Crippen molar-refractivity contribution in [2.45, 2.75) is 59.5 Å². The highest BCUT2D eigenvalue weighted by molar-refractivity contribution is 14.0. The van der Waals surface area contributed by atoms with Crippen molar-refractivity contribution in [3.05, 3.63) is 12.2 Å². The second kappa shape index (κ2) is 11.6. The van der Waals surface area contributed by atoms with Gasteiger partial charge in [-0.25, -0.2) is 0 Å². The molecular weight excluding hydrogens is 505 g/mol. The SMILES string of the molecule is CCNC(=NCCCN(C(C)C)C(C)C)NCCN1C(=O)C2C3C=CC(C3)C2C1=O.I. The first-order valence-corrected chi connectivity index (χ1v) is 11.7. The van der Waals surface area contributed by atoms with Crippen molar-refractivity contribution in [1.82, 2.24) is 20.4 Å². The predicted octanol–water partition coefficient (Wildman–Crippen LogP) is 2.48. The highest BCUT2D eigenvalue weighted by Crippen LogP contribution is 2.52. The topological polar surface area (TPSA) is 77.0 Å². The maximum absolute atomic E-state index is 12.8. The van der Waals surface area contributed by atoms with Gasteiger partial charge in [-0.2, -0.15) is 0 Å². The molecule has 2 amide bonds. The van der Waals surface area contributed by atoms with Crippen molar-refractivity contribution in [2.75, 3.05) is 32.7 Å². The third-order valence-electron chi connectivity index (χ3n) is 6.70. The number of hydrogen-bond acceptors (Lipinski definition) is 4. The maximum Gasteiger partial charge on any atom is 0.233 e. The van der Waals surface area contributed by atoms with Crippen LogP contribution in [0.4, 0.5) is 0 Å².